The maximum Gasteiger partial charge on any atom is 0.157 e. The van der Waals surface area contributed by atoms with Crippen molar-refractivity contribution >= 4 is 0 Å². The van der Waals surface area contributed by atoms with E-state index >= 15 is 0 Å². The number of hydrogen-bond acceptors (Lipinski definition) is 3. The van der Waals surface area contributed by atoms with Crippen molar-refractivity contribution in [3.05, 3.63) is 12.2 Å². The van der Waals surface area contributed by atoms with E-state index in [-0.39, 0.29) is 12.9 Å². The smallest absolute Gasteiger partial charge is 0.157 e. The second-order valence-corrected chi connectivity index (χ2v) is 9.74. The van der Waals surface area contributed by atoms with Crippen LogP contribution in [-0.4, -0.2) is 31.2 Å². The Kier molecular flexibility index (Phi) is 29.3. The Balaban J connectivity index is 3.70. The molecule has 0 aromatic heterocycles. The first kappa shape index (κ1) is 32.6. The van der Waals surface area contributed by atoms with Gasteiger partial charge in [0.1, 0.15) is 0 Å². The maximum absolute atomic E-state index is 8.74. The van der Waals surface area contributed by atoms with Gasteiger partial charge in [-0.1, -0.05) is 122 Å². The number of unbranched alkanes of at least 4 members (excludes halogenated alkanes) is 17. The second kappa shape index (κ2) is 29.7. The highest BCUT2D eigenvalue weighted by Gasteiger charge is 2.09. The van der Waals surface area contributed by atoms with Gasteiger partial charge in [0.15, 0.2) is 6.29 Å². The fraction of sp³-hybridized carbons (Fsp3) is 0.933. The molecule has 33 heavy (non-hydrogen) atoms. The third-order valence-corrected chi connectivity index (χ3v) is 6.38. The Morgan fingerprint density at radius 1 is 0.515 bits per heavy atom. The van der Waals surface area contributed by atoms with Gasteiger partial charge in [0.05, 0.1) is 0 Å². The molecule has 3 nitrogen and oxygen atoms in total. The zero-order chi connectivity index (χ0) is 24.1. The highest BCUT2D eigenvalue weighted by molar-refractivity contribution is 4.80. The van der Waals surface area contributed by atoms with Gasteiger partial charge in [-0.15, -0.1) is 0 Å². The van der Waals surface area contributed by atoms with Gasteiger partial charge in [0.25, 0.3) is 0 Å². The van der Waals surface area contributed by atoms with E-state index in [1.165, 1.54) is 128 Å². The molecule has 0 atom stereocenters. The molecule has 0 aromatic rings. The summed E-state index contributed by atoms with van der Waals surface area (Å²) in [5.74, 6) is 0. The number of allylic oxidation sites excluding steroid dienone is 1. The molecule has 1 N–H and O–H groups in total. The summed E-state index contributed by atoms with van der Waals surface area (Å²) in [7, 11) is 0. The number of aliphatic hydroxyl groups excluding tert-OH is 1. The molecule has 0 amide bonds. The van der Waals surface area contributed by atoms with E-state index < -0.39 is 0 Å². The summed E-state index contributed by atoms with van der Waals surface area (Å²) >= 11 is 0. The molecule has 0 radical (unpaired) electrons. The molecule has 0 bridgehead atoms. The van der Waals surface area contributed by atoms with E-state index in [2.05, 4.69) is 26.0 Å². The van der Waals surface area contributed by atoms with Crippen molar-refractivity contribution in [1.29, 1.82) is 0 Å². The van der Waals surface area contributed by atoms with Gasteiger partial charge in [-0.2, -0.15) is 0 Å². The highest BCUT2D eigenvalue weighted by atomic mass is 16.7. The number of rotatable bonds is 28. The molecular formula is C30H60O3. The normalized spacial score (nSPS) is 11.9. The van der Waals surface area contributed by atoms with Crippen LogP contribution in [-0.2, 0) is 9.47 Å². The third-order valence-electron chi connectivity index (χ3n) is 6.38. The number of aliphatic hydroxyl groups is 1. The highest BCUT2D eigenvalue weighted by Crippen LogP contribution is 2.15. The van der Waals surface area contributed by atoms with E-state index in [1.54, 1.807) is 0 Å². The van der Waals surface area contributed by atoms with Crippen molar-refractivity contribution in [3.63, 3.8) is 0 Å². The summed E-state index contributed by atoms with van der Waals surface area (Å²) < 4.78 is 12.2. The second-order valence-electron chi connectivity index (χ2n) is 9.74. The van der Waals surface area contributed by atoms with Crippen molar-refractivity contribution in [2.24, 2.45) is 0 Å². The Bertz CT molecular complexity index is 354. The molecule has 3 heteroatoms. The van der Waals surface area contributed by atoms with Crippen LogP contribution in [0.1, 0.15) is 155 Å². The summed E-state index contributed by atoms with van der Waals surface area (Å²) in [6, 6.07) is 0. The average Bonchev–Trinajstić information content (AvgIpc) is 2.83. The molecule has 0 rings (SSSR count). The Labute approximate surface area is 208 Å². The topological polar surface area (TPSA) is 38.7 Å². The lowest BCUT2D eigenvalue weighted by Gasteiger charge is -2.19. The van der Waals surface area contributed by atoms with Gasteiger partial charge < -0.3 is 14.6 Å². The van der Waals surface area contributed by atoms with Gasteiger partial charge >= 0.3 is 0 Å². The molecule has 0 aliphatic rings. The summed E-state index contributed by atoms with van der Waals surface area (Å²) in [6.07, 6.45) is 32.3. The summed E-state index contributed by atoms with van der Waals surface area (Å²) in [5.41, 5.74) is 0. The monoisotopic (exact) mass is 468 g/mol. The fourth-order valence-corrected chi connectivity index (χ4v) is 4.18. The predicted molar refractivity (Wildman–Crippen MR) is 145 cm³/mol. The van der Waals surface area contributed by atoms with E-state index in [0.29, 0.717) is 0 Å². The summed E-state index contributed by atoms with van der Waals surface area (Å²) in [6.45, 7) is 6.53. The molecule has 0 aliphatic heterocycles. The summed E-state index contributed by atoms with van der Waals surface area (Å²) in [4.78, 5) is 0. The van der Waals surface area contributed by atoms with Crippen molar-refractivity contribution in [2.75, 3.05) is 19.8 Å². The van der Waals surface area contributed by atoms with Crippen LogP contribution in [0.15, 0.2) is 12.2 Å². The van der Waals surface area contributed by atoms with Crippen LogP contribution in [0.4, 0.5) is 0 Å². The van der Waals surface area contributed by atoms with E-state index in [9.17, 15) is 0 Å². The first-order chi connectivity index (χ1) is 16.3. The molecule has 0 heterocycles. The zero-order valence-electron chi connectivity index (χ0n) is 22.7. The van der Waals surface area contributed by atoms with Crippen molar-refractivity contribution in [2.45, 2.75) is 161 Å². The molecular weight excluding hydrogens is 408 g/mol. The quantitative estimate of drug-likeness (QED) is 0.0705. The Hall–Kier alpha value is -0.380. The van der Waals surface area contributed by atoms with Crippen molar-refractivity contribution in [3.8, 4) is 0 Å². The van der Waals surface area contributed by atoms with Crippen LogP contribution in [0.3, 0.4) is 0 Å². The molecule has 0 saturated heterocycles. The van der Waals surface area contributed by atoms with E-state index in [4.69, 9.17) is 14.6 Å². The van der Waals surface area contributed by atoms with E-state index in [0.717, 1.165) is 26.1 Å². The van der Waals surface area contributed by atoms with Crippen LogP contribution in [0.5, 0.6) is 0 Å². The van der Waals surface area contributed by atoms with Gasteiger partial charge in [-0.3, -0.25) is 0 Å². The Morgan fingerprint density at radius 2 is 0.939 bits per heavy atom. The molecule has 0 saturated carbocycles. The van der Waals surface area contributed by atoms with Crippen molar-refractivity contribution in [1.82, 2.24) is 0 Å². The molecule has 0 spiro atoms. The van der Waals surface area contributed by atoms with Crippen LogP contribution < -0.4 is 0 Å². The van der Waals surface area contributed by atoms with Gasteiger partial charge in [0.2, 0.25) is 0 Å². The fourth-order valence-electron chi connectivity index (χ4n) is 4.18. The van der Waals surface area contributed by atoms with Crippen molar-refractivity contribution < 1.29 is 14.6 Å². The predicted octanol–water partition coefficient (Wildman–Crippen LogP) is 9.52. The minimum Gasteiger partial charge on any atom is -0.396 e. The van der Waals surface area contributed by atoms with E-state index in [1.807, 2.05) is 0 Å². The van der Waals surface area contributed by atoms with Crippen LogP contribution in [0.25, 0.3) is 0 Å². The molecule has 0 unspecified atom stereocenters. The first-order valence-corrected chi connectivity index (χ1v) is 14.8. The standard InChI is InChI=1S/C30H60O3/c1-3-5-7-20-24-28-32-30(33-29-25-21-8-6-4-2)26-22-18-16-14-12-10-9-11-13-15-17-19-23-27-31/h17,19,30-31H,3-16,18,20-29H2,1-2H3/b19-17+. The number of hydrogen-bond donors (Lipinski definition) is 1. The molecule has 0 aromatic carbocycles. The minimum absolute atomic E-state index is 0.0220. The number of ether oxygens (including phenoxy) is 2. The molecule has 198 valence electrons. The maximum atomic E-state index is 8.74. The minimum atomic E-state index is 0.0220. The summed E-state index contributed by atoms with van der Waals surface area (Å²) in [5, 5.41) is 8.74. The Morgan fingerprint density at radius 3 is 1.45 bits per heavy atom. The SMILES string of the molecule is CCCCCCCOC(CCCCCCCCCCC/C=C/CCO)OCCCCCCC. The lowest BCUT2D eigenvalue weighted by atomic mass is 10.1. The molecule has 0 fully saturated rings. The molecule has 0 aliphatic carbocycles. The lowest BCUT2D eigenvalue weighted by molar-refractivity contribution is -0.148. The first-order valence-electron chi connectivity index (χ1n) is 14.8. The zero-order valence-corrected chi connectivity index (χ0v) is 22.7. The van der Waals surface area contributed by atoms with Crippen LogP contribution in [0.2, 0.25) is 0 Å². The largest absolute Gasteiger partial charge is 0.396 e. The van der Waals surface area contributed by atoms with Gasteiger partial charge in [0, 0.05) is 19.8 Å². The van der Waals surface area contributed by atoms with Crippen LogP contribution >= 0.6 is 0 Å². The third kappa shape index (κ3) is 27.7. The average molecular weight is 469 g/mol. The lowest BCUT2D eigenvalue weighted by Crippen LogP contribution is -2.19. The van der Waals surface area contributed by atoms with Crippen LogP contribution in [0, 0.1) is 0 Å². The van der Waals surface area contributed by atoms with Gasteiger partial charge in [-0.25, -0.2) is 0 Å². The van der Waals surface area contributed by atoms with Gasteiger partial charge in [-0.05, 0) is 44.9 Å².